The predicted octanol–water partition coefficient (Wildman–Crippen LogP) is 1.81. The Morgan fingerprint density at radius 1 is 1.62 bits per heavy atom. The van der Waals surface area contributed by atoms with Crippen LogP contribution in [0.2, 0.25) is 0 Å². The Kier molecular flexibility index (Phi) is 3.79. The number of amides is 1. The first-order valence-electron chi connectivity index (χ1n) is 3.91. The second-order valence-electron chi connectivity index (χ2n) is 2.71. The van der Waals surface area contributed by atoms with E-state index >= 15 is 0 Å². The van der Waals surface area contributed by atoms with Crippen molar-refractivity contribution in [3.05, 3.63) is 35.4 Å². The van der Waals surface area contributed by atoms with Gasteiger partial charge in [-0.1, -0.05) is 41.6 Å². The van der Waals surface area contributed by atoms with Gasteiger partial charge in [0.25, 0.3) is 5.24 Å². The number of hydrazine groups is 1. The highest BCUT2D eigenvalue weighted by Gasteiger charge is 1.99. The molecule has 0 radical (unpaired) electrons. The lowest BCUT2D eigenvalue weighted by Crippen LogP contribution is -2.25. The van der Waals surface area contributed by atoms with Crippen molar-refractivity contribution < 1.29 is 4.79 Å². The molecule has 0 aliphatic heterocycles. The minimum absolute atomic E-state index is 0.207. The minimum atomic E-state index is -0.207. The molecule has 0 bridgehead atoms. The van der Waals surface area contributed by atoms with Crippen LogP contribution in [0.15, 0.2) is 24.3 Å². The van der Waals surface area contributed by atoms with Crippen LogP contribution in [0.3, 0.4) is 0 Å². The van der Waals surface area contributed by atoms with Crippen LogP contribution in [-0.4, -0.2) is 5.24 Å². The maximum Gasteiger partial charge on any atom is 0.293 e. The lowest BCUT2D eigenvalue weighted by Gasteiger charge is -2.00. The van der Waals surface area contributed by atoms with Crippen LogP contribution in [0.1, 0.15) is 11.1 Å². The van der Waals surface area contributed by atoms with Gasteiger partial charge in [0.1, 0.15) is 0 Å². The molecule has 1 aromatic carbocycles. The van der Waals surface area contributed by atoms with Gasteiger partial charge in [0.05, 0.1) is 0 Å². The Hall–Kier alpha value is -1.00. The molecule has 0 fully saturated rings. The van der Waals surface area contributed by atoms with Gasteiger partial charge in [-0.3, -0.25) is 10.2 Å². The molecule has 1 rings (SSSR count). The summed E-state index contributed by atoms with van der Waals surface area (Å²) in [7, 11) is 0. The highest BCUT2D eigenvalue weighted by molar-refractivity contribution is 8.12. The molecule has 0 aliphatic rings. The first kappa shape index (κ1) is 10.1. The van der Waals surface area contributed by atoms with E-state index in [-0.39, 0.29) is 5.24 Å². The monoisotopic (exact) mass is 196 g/mol. The maximum absolute atomic E-state index is 10.8. The van der Waals surface area contributed by atoms with E-state index in [1.54, 1.807) is 0 Å². The van der Waals surface area contributed by atoms with Crippen molar-refractivity contribution in [2.45, 2.75) is 12.7 Å². The minimum Gasteiger partial charge on any atom is -0.285 e. The normalized spacial score (nSPS) is 9.69. The molecule has 0 aromatic heterocycles. The van der Waals surface area contributed by atoms with Crippen molar-refractivity contribution in [2.24, 2.45) is 5.84 Å². The van der Waals surface area contributed by atoms with Crippen molar-refractivity contribution in [3.63, 3.8) is 0 Å². The quantitative estimate of drug-likeness (QED) is 0.431. The highest BCUT2D eigenvalue weighted by Crippen LogP contribution is 2.13. The molecule has 0 heterocycles. The summed E-state index contributed by atoms with van der Waals surface area (Å²) in [5.74, 6) is 5.60. The summed E-state index contributed by atoms with van der Waals surface area (Å²) in [4.78, 5) is 10.8. The van der Waals surface area contributed by atoms with E-state index in [9.17, 15) is 4.79 Å². The molecule has 1 amide bonds. The van der Waals surface area contributed by atoms with Crippen LogP contribution in [-0.2, 0) is 5.75 Å². The number of aryl methyl sites for hydroxylation is 1. The number of nitrogens with one attached hydrogen (secondary N) is 1. The molecule has 0 spiro atoms. The average molecular weight is 196 g/mol. The van der Waals surface area contributed by atoms with Gasteiger partial charge in [0.2, 0.25) is 0 Å². The third kappa shape index (κ3) is 3.48. The SMILES string of the molecule is Cc1cccc(CSC(=O)NN)c1. The summed E-state index contributed by atoms with van der Waals surface area (Å²) in [6.07, 6.45) is 0. The zero-order chi connectivity index (χ0) is 9.68. The van der Waals surface area contributed by atoms with E-state index in [2.05, 4.69) is 11.5 Å². The van der Waals surface area contributed by atoms with Crippen LogP contribution in [0.4, 0.5) is 4.79 Å². The zero-order valence-electron chi connectivity index (χ0n) is 7.41. The standard InChI is InChI=1S/C9H12N2OS/c1-7-3-2-4-8(5-7)6-13-9(12)11-10/h2-5H,6,10H2,1H3,(H,11,12). The molecule has 3 N–H and O–H groups in total. The topological polar surface area (TPSA) is 55.1 Å². The van der Waals surface area contributed by atoms with Crippen molar-refractivity contribution in [1.29, 1.82) is 0 Å². The van der Waals surface area contributed by atoms with Gasteiger partial charge in [0.15, 0.2) is 0 Å². The second kappa shape index (κ2) is 4.89. The van der Waals surface area contributed by atoms with Crippen LogP contribution in [0.25, 0.3) is 0 Å². The van der Waals surface area contributed by atoms with Crippen molar-refractivity contribution in [3.8, 4) is 0 Å². The molecule has 0 atom stereocenters. The van der Waals surface area contributed by atoms with Gasteiger partial charge >= 0.3 is 0 Å². The van der Waals surface area contributed by atoms with Crippen LogP contribution < -0.4 is 11.3 Å². The molecule has 0 unspecified atom stereocenters. The smallest absolute Gasteiger partial charge is 0.285 e. The molecule has 0 saturated heterocycles. The number of hydrogen-bond acceptors (Lipinski definition) is 3. The average Bonchev–Trinajstić information content (AvgIpc) is 2.14. The van der Waals surface area contributed by atoms with Crippen molar-refractivity contribution in [2.75, 3.05) is 0 Å². The van der Waals surface area contributed by atoms with Crippen LogP contribution in [0, 0.1) is 6.92 Å². The largest absolute Gasteiger partial charge is 0.293 e. The summed E-state index contributed by atoms with van der Waals surface area (Å²) in [6.45, 7) is 2.02. The fourth-order valence-electron chi connectivity index (χ4n) is 0.992. The molecular formula is C9H12N2OS. The molecule has 70 valence electrons. The highest BCUT2D eigenvalue weighted by atomic mass is 32.2. The number of benzene rings is 1. The van der Waals surface area contributed by atoms with Crippen LogP contribution in [0.5, 0.6) is 0 Å². The number of carbonyl (C=O) groups is 1. The Bertz CT molecular complexity index is 301. The van der Waals surface area contributed by atoms with Gasteiger partial charge in [0, 0.05) is 5.75 Å². The summed E-state index contributed by atoms with van der Waals surface area (Å²) in [5, 5.41) is -0.207. The first-order valence-corrected chi connectivity index (χ1v) is 4.90. The van der Waals surface area contributed by atoms with Crippen molar-refractivity contribution >= 4 is 17.0 Å². The first-order chi connectivity index (χ1) is 6.22. The summed E-state index contributed by atoms with van der Waals surface area (Å²) in [6, 6.07) is 8.04. The van der Waals surface area contributed by atoms with Gasteiger partial charge in [-0.05, 0) is 12.5 Å². The number of rotatable bonds is 2. The fraction of sp³-hybridized carbons (Fsp3) is 0.222. The van der Waals surface area contributed by atoms with E-state index in [1.165, 1.54) is 5.56 Å². The zero-order valence-corrected chi connectivity index (χ0v) is 8.23. The Balaban J connectivity index is 2.50. The Morgan fingerprint density at radius 2 is 2.38 bits per heavy atom. The van der Waals surface area contributed by atoms with Gasteiger partial charge < -0.3 is 0 Å². The summed E-state index contributed by atoms with van der Waals surface area (Å²) in [5.41, 5.74) is 4.41. The number of nitrogens with two attached hydrogens (primary N) is 1. The second-order valence-corrected chi connectivity index (χ2v) is 3.66. The number of carbonyl (C=O) groups excluding carboxylic acids is 1. The molecule has 4 heteroatoms. The molecule has 1 aromatic rings. The summed E-state index contributed by atoms with van der Waals surface area (Å²) >= 11 is 1.16. The molecule has 0 aliphatic carbocycles. The van der Waals surface area contributed by atoms with Gasteiger partial charge in [-0.25, -0.2) is 5.84 Å². The summed E-state index contributed by atoms with van der Waals surface area (Å²) < 4.78 is 0. The molecular weight excluding hydrogens is 184 g/mol. The predicted molar refractivity (Wildman–Crippen MR) is 55.2 cm³/mol. The number of thioether (sulfide) groups is 1. The van der Waals surface area contributed by atoms with Crippen LogP contribution >= 0.6 is 11.8 Å². The van der Waals surface area contributed by atoms with E-state index < -0.39 is 0 Å². The van der Waals surface area contributed by atoms with Gasteiger partial charge in [-0.2, -0.15) is 0 Å². The lowest BCUT2D eigenvalue weighted by atomic mass is 10.2. The maximum atomic E-state index is 10.8. The Morgan fingerprint density at radius 3 is 3.00 bits per heavy atom. The van der Waals surface area contributed by atoms with Gasteiger partial charge in [-0.15, -0.1) is 0 Å². The van der Waals surface area contributed by atoms with E-state index in [4.69, 9.17) is 5.84 Å². The lowest BCUT2D eigenvalue weighted by molar-refractivity contribution is 0.261. The van der Waals surface area contributed by atoms with E-state index in [0.717, 1.165) is 17.3 Å². The third-order valence-electron chi connectivity index (χ3n) is 1.57. The molecule has 3 nitrogen and oxygen atoms in total. The molecule has 0 saturated carbocycles. The van der Waals surface area contributed by atoms with E-state index in [0.29, 0.717) is 5.75 Å². The molecule has 13 heavy (non-hydrogen) atoms. The van der Waals surface area contributed by atoms with Crippen molar-refractivity contribution in [1.82, 2.24) is 5.43 Å². The third-order valence-corrected chi connectivity index (χ3v) is 2.43. The fourth-order valence-corrected chi connectivity index (χ4v) is 1.55. The number of hydrogen-bond donors (Lipinski definition) is 2. The Labute approximate surface area is 81.7 Å². The van der Waals surface area contributed by atoms with E-state index in [1.807, 2.05) is 25.1 Å².